The molecule has 0 aliphatic carbocycles. The minimum Gasteiger partial charge on any atom is -0.478 e. The van der Waals surface area contributed by atoms with Crippen LogP contribution in [0.25, 0.3) is 0 Å². The number of aryl methyl sites for hydroxylation is 1. The van der Waals surface area contributed by atoms with Gasteiger partial charge in [0, 0.05) is 19.3 Å². The summed E-state index contributed by atoms with van der Waals surface area (Å²) in [7, 11) is 0. The van der Waals surface area contributed by atoms with Crippen molar-refractivity contribution in [3.8, 4) is 0 Å². The minimum atomic E-state index is -0.878. The molecule has 0 bridgehead atoms. The van der Waals surface area contributed by atoms with Gasteiger partial charge in [-0.3, -0.25) is 0 Å². The predicted molar refractivity (Wildman–Crippen MR) is 75.8 cm³/mol. The summed E-state index contributed by atoms with van der Waals surface area (Å²) in [6, 6.07) is 1.76. The minimum absolute atomic E-state index is 0.359. The third-order valence-corrected chi connectivity index (χ3v) is 4.08. The van der Waals surface area contributed by atoms with Crippen LogP contribution in [0.5, 0.6) is 0 Å². The Morgan fingerprint density at radius 2 is 2.26 bits per heavy atom. The smallest absolute Gasteiger partial charge is 0.339 e. The molecule has 4 nitrogen and oxygen atoms in total. The summed E-state index contributed by atoms with van der Waals surface area (Å²) in [6.07, 6.45) is 6.40. The highest BCUT2D eigenvalue weighted by Crippen LogP contribution is 2.26. The van der Waals surface area contributed by atoms with Crippen LogP contribution in [0, 0.1) is 12.8 Å². The van der Waals surface area contributed by atoms with Crippen molar-refractivity contribution in [3.63, 3.8) is 0 Å². The Morgan fingerprint density at radius 1 is 1.47 bits per heavy atom. The fourth-order valence-electron chi connectivity index (χ4n) is 2.83. The molecule has 1 unspecified atom stereocenters. The summed E-state index contributed by atoms with van der Waals surface area (Å²) in [6.45, 7) is 5.89. The van der Waals surface area contributed by atoms with Crippen molar-refractivity contribution in [1.29, 1.82) is 0 Å². The lowest BCUT2D eigenvalue weighted by atomic mass is 9.98. The molecule has 1 aromatic rings. The van der Waals surface area contributed by atoms with E-state index in [1.165, 1.54) is 12.8 Å². The highest BCUT2D eigenvalue weighted by molar-refractivity contribution is 5.94. The van der Waals surface area contributed by atoms with Crippen molar-refractivity contribution in [3.05, 3.63) is 23.4 Å². The van der Waals surface area contributed by atoms with E-state index in [0.29, 0.717) is 11.4 Å². The molecule has 0 saturated carbocycles. The zero-order valence-corrected chi connectivity index (χ0v) is 11.7. The van der Waals surface area contributed by atoms with E-state index in [1.807, 2.05) is 6.92 Å². The number of nitrogens with zero attached hydrogens (tertiary/aromatic N) is 2. The first-order valence-corrected chi connectivity index (χ1v) is 7.07. The molecule has 0 aromatic carbocycles. The molecule has 1 N–H and O–H groups in total. The summed E-state index contributed by atoms with van der Waals surface area (Å²) < 4.78 is 0. The Hall–Kier alpha value is -1.58. The number of anilines is 1. The second kappa shape index (κ2) is 6.04. The first kappa shape index (κ1) is 13.8. The van der Waals surface area contributed by atoms with E-state index in [2.05, 4.69) is 16.8 Å². The average Bonchev–Trinajstić information content (AvgIpc) is 2.63. The van der Waals surface area contributed by atoms with Crippen LogP contribution in [-0.2, 0) is 0 Å². The highest BCUT2D eigenvalue weighted by atomic mass is 16.4. The number of carboxylic acids is 1. The standard InChI is InChI=1S/C15H22N2O2/c1-3-12-5-4-9-17(10-7-12)14-13(15(18)19)11(2)6-8-16-14/h6,8,12H,3-5,7,9-10H2,1-2H3,(H,18,19). The number of hydrogen-bond acceptors (Lipinski definition) is 3. The lowest BCUT2D eigenvalue weighted by Gasteiger charge is -2.23. The van der Waals surface area contributed by atoms with Crippen molar-refractivity contribution in [2.24, 2.45) is 5.92 Å². The molecule has 1 fully saturated rings. The first-order valence-electron chi connectivity index (χ1n) is 7.07. The fraction of sp³-hybridized carbons (Fsp3) is 0.600. The van der Waals surface area contributed by atoms with Crippen LogP contribution in [0.1, 0.15) is 48.5 Å². The van der Waals surface area contributed by atoms with Gasteiger partial charge in [0.1, 0.15) is 11.4 Å². The van der Waals surface area contributed by atoms with Gasteiger partial charge in [0.25, 0.3) is 0 Å². The van der Waals surface area contributed by atoms with Crippen LogP contribution in [0.15, 0.2) is 12.3 Å². The zero-order valence-electron chi connectivity index (χ0n) is 11.7. The van der Waals surface area contributed by atoms with E-state index in [4.69, 9.17) is 0 Å². The number of rotatable bonds is 3. The summed E-state index contributed by atoms with van der Waals surface area (Å²) in [5.74, 6) is 0.532. The molecule has 2 heterocycles. The van der Waals surface area contributed by atoms with Gasteiger partial charge in [-0.15, -0.1) is 0 Å². The molecule has 1 aliphatic heterocycles. The monoisotopic (exact) mass is 262 g/mol. The van der Waals surface area contributed by atoms with Gasteiger partial charge in [-0.25, -0.2) is 9.78 Å². The third-order valence-electron chi connectivity index (χ3n) is 4.08. The molecule has 4 heteroatoms. The molecular weight excluding hydrogens is 240 g/mol. The number of hydrogen-bond donors (Lipinski definition) is 1. The first-order chi connectivity index (χ1) is 9.13. The fourth-order valence-corrected chi connectivity index (χ4v) is 2.83. The highest BCUT2D eigenvalue weighted by Gasteiger charge is 2.22. The molecule has 1 saturated heterocycles. The maximum atomic E-state index is 11.4. The van der Waals surface area contributed by atoms with Crippen LogP contribution in [0.4, 0.5) is 5.82 Å². The van der Waals surface area contributed by atoms with E-state index in [9.17, 15) is 9.90 Å². The summed E-state index contributed by atoms with van der Waals surface area (Å²) >= 11 is 0. The lowest BCUT2D eigenvalue weighted by molar-refractivity contribution is 0.0696. The van der Waals surface area contributed by atoms with Crippen LogP contribution in [0.3, 0.4) is 0 Å². The molecule has 1 aromatic heterocycles. The number of pyridine rings is 1. The van der Waals surface area contributed by atoms with Gasteiger partial charge in [0.05, 0.1) is 0 Å². The zero-order chi connectivity index (χ0) is 13.8. The van der Waals surface area contributed by atoms with Gasteiger partial charge < -0.3 is 10.0 Å². The summed E-state index contributed by atoms with van der Waals surface area (Å²) in [4.78, 5) is 17.9. The van der Waals surface area contributed by atoms with Gasteiger partial charge in [0.2, 0.25) is 0 Å². The Labute approximate surface area is 114 Å². The molecule has 0 spiro atoms. The molecule has 104 valence electrons. The van der Waals surface area contributed by atoms with Crippen molar-refractivity contribution in [1.82, 2.24) is 4.98 Å². The molecule has 0 amide bonds. The SMILES string of the molecule is CCC1CCCN(c2nccc(C)c2C(=O)O)CC1. The quantitative estimate of drug-likeness (QED) is 0.909. The predicted octanol–water partition coefficient (Wildman–Crippen LogP) is 3.10. The van der Waals surface area contributed by atoms with Gasteiger partial charge in [-0.2, -0.15) is 0 Å². The number of carbonyl (C=O) groups is 1. The van der Waals surface area contributed by atoms with Crippen LogP contribution in [0.2, 0.25) is 0 Å². The van der Waals surface area contributed by atoms with E-state index in [-0.39, 0.29) is 0 Å². The molecule has 1 atom stereocenters. The normalized spacial score (nSPS) is 20.1. The Bertz CT molecular complexity index is 459. The third kappa shape index (κ3) is 3.06. The average molecular weight is 262 g/mol. The van der Waals surface area contributed by atoms with Crippen LogP contribution < -0.4 is 4.90 Å². The maximum Gasteiger partial charge on any atom is 0.339 e. The Kier molecular flexibility index (Phi) is 4.40. The van der Waals surface area contributed by atoms with Crippen molar-refractivity contribution in [2.75, 3.05) is 18.0 Å². The second-order valence-corrected chi connectivity index (χ2v) is 5.32. The van der Waals surface area contributed by atoms with E-state index < -0.39 is 5.97 Å². The molecule has 0 radical (unpaired) electrons. The Balaban J connectivity index is 2.26. The molecule has 19 heavy (non-hydrogen) atoms. The number of carboxylic acid groups (broad SMARTS) is 1. The topological polar surface area (TPSA) is 53.4 Å². The van der Waals surface area contributed by atoms with Crippen LogP contribution in [-0.4, -0.2) is 29.1 Å². The van der Waals surface area contributed by atoms with Crippen LogP contribution >= 0.6 is 0 Å². The molecule has 1 aliphatic rings. The maximum absolute atomic E-state index is 11.4. The Morgan fingerprint density at radius 3 is 2.95 bits per heavy atom. The van der Waals surface area contributed by atoms with Gasteiger partial charge in [0.15, 0.2) is 0 Å². The number of aromatic carboxylic acids is 1. The van der Waals surface area contributed by atoms with Gasteiger partial charge in [-0.05, 0) is 43.7 Å². The largest absolute Gasteiger partial charge is 0.478 e. The van der Waals surface area contributed by atoms with Crippen molar-refractivity contribution in [2.45, 2.75) is 39.5 Å². The van der Waals surface area contributed by atoms with E-state index in [1.54, 1.807) is 12.3 Å². The van der Waals surface area contributed by atoms with E-state index in [0.717, 1.165) is 37.4 Å². The molecule has 2 rings (SSSR count). The van der Waals surface area contributed by atoms with Gasteiger partial charge in [-0.1, -0.05) is 13.3 Å². The van der Waals surface area contributed by atoms with Crippen molar-refractivity contribution >= 4 is 11.8 Å². The lowest BCUT2D eigenvalue weighted by Crippen LogP contribution is -2.27. The number of aromatic nitrogens is 1. The summed E-state index contributed by atoms with van der Waals surface area (Å²) in [5.41, 5.74) is 1.14. The van der Waals surface area contributed by atoms with Crippen molar-refractivity contribution < 1.29 is 9.90 Å². The van der Waals surface area contributed by atoms with Gasteiger partial charge >= 0.3 is 5.97 Å². The molecular formula is C15H22N2O2. The van der Waals surface area contributed by atoms with E-state index >= 15 is 0 Å². The second-order valence-electron chi connectivity index (χ2n) is 5.32. The summed E-state index contributed by atoms with van der Waals surface area (Å²) in [5, 5.41) is 9.38.